The van der Waals surface area contributed by atoms with E-state index >= 15 is 0 Å². The van der Waals surface area contributed by atoms with Gasteiger partial charge in [-0.15, -0.1) is 0 Å². The fourth-order valence-corrected chi connectivity index (χ4v) is 6.71. The van der Waals surface area contributed by atoms with Crippen LogP contribution in [-0.2, 0) is 9.93 Å². The fraction of sp³-hybridized carbons (Fsp3) is 0.182. The highest BCUT2D eigenvalue weighted by atomic mass is 33.1. The summed E-state index contributed by atoms with van der Waals surface area (Å²) in [4.78, 5) is 3.20. The second-order valence-corrected chi connectivity index (χ2v) is 9.26. The number of aliphatic hydroxyl groups is 2. The zero-order valence-electron chi connectivity index (χ0n) is 15.4. The van der Waals surface area contributed by atoms with Gasteiger partial charge in [-0.2, -0.15) is 0 Å². The lowest BCUT2D eigenvalue weighted by atomic mass is 10.3. The minimum atomic E-state index is -0.429. The average molecular weight is 416 g/mol. The minimum absolute atomic E-state index is 0.0376. The Balaban J connectivity index is 2.04. The largest absolute Gasteiger partial charge is 0.486 e. The standard InChI is InChI=1S/C22H23O4S2/c23-14-16-25-19-10-4-6-12-21(19)28(27-18-8-2-1-3-9-18)22-13-7-5-11-20(22)26-17-15-24/h1-13,23-24H,14-17H2/q+1. The Labute approximate surface area is 171 Å². The summed E-state index contributed by atoms with van der Waals surface area (Å²) >= 11 is 0. The van der Waals surface area contributed by atoms with Gasteiger partial charge in [0.1, 0.15) is 33.9 Å². The summed E-state index contributed by atoms with van der Waals surface area (Å²) in [5, 5.41) is 18.4. The van der Waals surface area contributed by atoms with Gasteiger partial charge in [0.25, 0.3) is 0 Å². The first-order valence-electron chi connectivity index (χ1n) is 8.96. The van der Waals surface area contributed by atoms with Gasteiger partial charge < -0.3 is 19.7 Å². The topological polar surface area (TPSA) is 58.9 Å². The molecule has 0 saturated heterocycles. The highest BCUT2D eigenvalue weighted by Crippen LogP contribution is 2.45. The predicted molar refractivity (Wildman–Crippen MR) is 114 cm³/mol. The molecule has 6 heteroatoms. The van der Waals surface area contributed by atoms with E-state index in [1.54, 1.807) is 10.8 Å². The fourth-order valence-electron chi connectivity index (χ4n) is 2.54. The molecule has 0 saturated carbocycles. The molecule has 0 aliphatic carbocycles. The van der Waals surface area contributed by atoms with Gasteiger partial charge in [0.15, 0.2) is 11.5 Å². The number of para-hydroxylation sites is 2. The van der Waals surface area contributed by atoms with Gasteiger partial charge in [0, 0.05) is 0 Å². The first kappa shape index (κ1) is 20.6. The van der Waals surface area contributed by atoms with Crippen LogP contribution in [0.25, 0.3) is 0 Å². The van der Waals surface area contributed by atoms with Crippen molar-refractivity contribution in [3.05, 3.63) is 78.9 Å². The zero-order valence-corrected chi connectivity index (χ0v) is 17.0. The monoisotopic (exact) mass is 415 g/mol. The van der Waals surface area contributed by atoms with Crippen LogP contribution in [0.15, 0.2) is 93.5 Å². The predicted octanol–water partition coefficient (Wildman–Crippen LogP) is 4.17. The van der Waals surface area contributed by atoms with E-state index in [2.05, 4.69) is 24.3 Å². The van der Waals surface area contributed by atoms with Crippen molar-refractivity contribution in [3.63, 3.8) is 0 Å². The summed E-state index contributed by atoms with van der Waals surface area (Å²) in [7, 11) is 1.30. The van der Waals surface area contributed by atoms with Crippen molar-refractivity contribution < 1.29 is 19.7 Å². The molecule has 0 spiro atoms. The lowest BCUT2D eigenvalue weighted by molar-refractivity contribution is 0.198. The summed E-state index contributed by atoms with van der Waals surface area (Å²) in [6.45, 7) is 0.411. The molecule has 3 aromatic rings. The van der Waals surface area contributed by atoms with Crippen LogP contribution in [0.1, 0.15) is 0 Å². The van der Waals surface area contributed by atoms with E-state index in [1.807, 2.05) is 54.6 Å². The SMILES string of the molecule is OCCOc1ccccc1[S+](Sc1ccccc1)c1ccccc1OCCO. The normalized spacial score (nSPS) is 10.8. The average Bonchev–Trinajstić information content (AvgIpc) is 2.76. The molecule has 3 aromatic carbocycles. The van der Waals surface area contributed by atoms with Gasteiger partial charge in [-0.1, -0.05) is 42.5 Å². The second-order valence-electron chi connectivity index (χ2n) is 5.70. The van der Waals surface area contributed by atoms with E-state index < -0.39 is 9.93 Å². The van der Waals surface area contributed by atoms with Crippen molar-refractivity contribution in [1.29, 1.82) is 0 Å². The van der Waals surface area contributed by atoms with Crippen LogP contribution in [-0.4, -0.2) is 36.6 Å². The van der Waals surface area contributed by atoms with E-state index in [9.17, 15) is 10.2 Å². The molecule has 0 bridgehead atoms. The molecule has 0 heterocycles. The quantitative estimate of drug-likeness (QED) is 0.384. The Morgan fingerprint density at radius 2 is 1.11 bits per heavy atom. The first-order valence-corrected chi connectivity index (χ1v) is 11.5. The maximum absolute atomic E-state index is 9.18. The second kappa shape index (κ2) is 11.0. The molecule has 0 aromatic heterocycles. The molecule has 146 valence electrons. The lowest BCUT2D eigenvalue weighted by Crippen LogP contribution is -2.09. The van der Waals surface area contributed by atoms with Crippen molar-refractivity contribution in [3.8, 4) is 11.5 Å². The van der Waals surface area contributed by atoms with E-state index in [-0.39, 0.29) is 26.4 Å². The van der Waals surface area contributed by atoms with E-state index in [1.165, 1.54) is 0 Å². The molecule has 0 radical (unpaired) electrons. The number of rotatable bonds is 10. The number of ether oxygens (including phenoxy) is 2. The summed E-state index contributed by atoms with van der Waals surface area (Å²) < 4.78 is 11.6. The van der Waals surface area contributed by atoms with Gasteiger partial charge >= 0.3 is 0 Å². The highest BCUT2D eigenvalue weighted by molar-refractivity contribution is 8.74. The molecular weight excluding hydrogens is 392 g/mol. The van der Waals surface area contributed by atoms with E-state index in [0.717, 1.165) is 26.2 Å². The lowest BCUT2D eigenvalue weighted by Gasteiger charge is -2.13. The van der Waals surface area contributed by atoms with Crippen molar-refractivity contribution >= 4 is 20.7 Å². The summed E-state index contributed by atoms with van der Waals surface area (Å²) in [5.41, 5.74) is 0. The molecule has 0 atom stereocenters. The van der Waals surface area contributed by atoms with Gasteiger partial charge in [-0.3, -0.25) is 0 Å². The molecule has 3 rings (SSSR count). The third kappa shape index (κ3) is 5.45. The number of benzene rings is 3. The minimum Gasteiger partial charge on any atom is -0.486 e. The Morgan fingerprint density at radius 3 is 1.61 bits per heavy atom. The van der Waals surface area contributed by atoms with Crippen LogP contribution in [0, 0.1) is 0 Å². The van der Waals surface area contributed by atoms with Gasteiger partial charge in [-0.05, 0) is 36.4 Å². The third-order valence-electron chi connectivity index (χ3n) is 3.72. The zero-order chi connectivity index (χ0) is 19.6. The van der Waals surface area contributed by atoms with Crippen LogP contribution in [0.4, 0.5) is 0 Å². The summed E-state index contributed by atoms with van der Waals surface area (Å²) in [5.74, 6) is 1.50. The van der Waals surface area contributed by atoms with Crippen LogP contribution in [0.5, 0.6) is 11.5 Å². The van der Waals surface area contributed by atoms with Crippen LogP contribution in [0.3, 0.4) is 0 Å². The van der Waals surface area contributed by atoms with Crippen LogP contribution >= 0.6 is 10.8 Å². The first-order chi connectivity index (χ1) is 13.8. The van der Waals surface area contributed by atoms with Crippen molar-refractivity contribution in [2.24, 2.45) is 0 Å². The third-order valence-corrected chi connectivity index (χ3v) is 7.98. The highest BCUT2D eigenvalue weighted by Gasteiger charge is 2.35. The Bertz CT molecular complexity index is 806. The molecule has 28 heavy (non-hydrogen) atoms. The van der Waals surface area contributed by atoms with Gasteiger partial charge in [0.05, 0.1) is 18.1 Å². The Morgan fingerprint density at radius 1 is 0.643 bits per heavy atom. The van der Waals surface area contributed by atoms with Crippen molar-refractivity contribution in [2.75, 3.05) is 26.4 Å². The van der Waals surface area contributed by atoms with Crippen LogP contribution < -0.4 is 9.47 Å². The smallest absolute Gasteiger partial charge is 0.216 e. The maximum Gasteiger partial charge on any atom is 0.216 e. The molecule has 0 aliphatic rings. The van der Waals surface area contributed by atoms with Crippen LogP contribution in [0.2, 0.25) is 0 Å². The molecule has 2 N–H and O–H groups in total. The number of hydrogen-bond donors (Lipinski definition) is 2. The van der Waals surface area contributed by atoms with Gasteiger partial charge in [-0.25, -0.2) is 0 Å². The van der Waals surface area contributed by atoms with E-state index in [0.29, 0.717) is 0 Å². The molecule has 0 fully saturated rings. The Hall–Kier alpha value is -2.12. The number of hydrogen-bond acceptors (Lipinski definition) is 5. The summed E-state index contributed by atoms with van der Waals surface area (Å²) in [6, 6.07) is 26.0. The molecule has 0 amide bonds. The van der Waals surface area contributed by atoms with Crippen molar-refractivity contribution in [1.82, 2.24) is 0 Å². The Kier molecular flexibility index (Phi) is 8.11. The van der Waals surface area contributed by atoms with Gasteiger partial charge in [0.2, 0.25) is 9.79 Å². The molecule has 0 unspecified atom stereocenters. The molecule has 0 aliphatic heterocycles. The van der Waals surface area contributed by atoms with Crippen molar-refractivity contribution in [2.45, 2.75) is 14.7 Å². The maximum atomic E-state index is 9.18. The number of aliphatic hydroxyl groups excluding tert-OH is 2. The molecular formula is C22H23O4S2+. The van der Waals surface area contributed by atoms with E-state index in [4.69, 9.17) is 9.47 Å². The summed E-state index contributed by atoms with van der Waals surface area (Å²) in [6.07, 6.45) is 0. The molecule has 4 nitrogen and oxygen atoms in total.